The van der Waals surface area contributed by atoms with Gasteiger partial charge in [0.05, 0.1) is 12.2 Å². The Kier molecular flexibility index (Phi) is 5.13. The Morgan fingerprint density at radius 1 is 1.05 bits per heavy atom. The molecule has 0 bridgehead atoms. The van der Waals surface area contributed by atoms with Gasteiger partial charge in [0.25, 0.3) is 0 Å². The van der Waals surface area contributed by atoms with Gasteiger partial charge in [0.15, 0.2) is 0 Å². The highest BCUT2D eigenvalue weighted by Crippen LogP contribution is 2.20. The lowest BCUT2D eigenvalue weighted by Crippen LogP contribution is -2.08. The molecule has 20 heavy (non-hydrogen) atoms. The average Bonchev–Trinajstić information content (AvgIpc) is 2.53. The molecule has 0 saturated heterocycles. The van der Waals surface area contributed by atoms with E-state index in [-0.39, 0.29) is 11.9 Å². The second kappa shape index (κ2) is 7.29. The molecule has 2 nitrogen and oxygen atoms in total. The fourth-order valence-electron chi connectivity index (χ4n) is 2.06. The van der Waals surface area contributed by atoms with E-state index in [9.17, 15) is 4.79 Å². The van der Waals surface area contributed by atoms with Crippen molar-refractivity contribution >= 4 is 5.97 Å². The minimum Gasteiger partial charge on any atom is -0.462 e. The summed E-state index contributed by atoms with van der Waals surface area (Å²) in [5, 5.41) is 0. The topological polar surface area (TPSA) is 26.3 Å². The fourth-order valence-corrected chi connectivity index (χ4v) is 2.06. The third kappa shape index (κ3) is 3.82. The maximum absolute atomic E-state index is 11.8. The predicted octanol–water partition coefficient (Wildman–Crippen LogP) is 4.20. The number of carbonyl (C=O) groups excluding carboxylic acids is 1. The van der Waals surface area contributed by atoms with Gasteiger partial charge in [-0.1, -0.05) is 54.6 Å². The molecule has 0 amide bonds. The fraction of sp³-hybridized carbons (Fsp3) is 0.167. The molecule has 0 saturated carbocycles. The van der Waals surface area contributed by atoms with Crippen molar-refractivity contribution in [1.29, 1.82) is 0 Å². The summed E-state index contributed by atoms with van der Waals surface area (Å²) < 4.78 is 5.30. The molecule has 1 unspecified atom stereocenters. The summed E-state index contributed by atoms with van der Waals surface area (Å²) in [4.78, 5) is 11.8. The maximum Gasteiger partial charge on any atom is 0.338 e. The molecule has 0 aliphatic carbocycles. The van der Waals surface area contributed by atoms with Crippen LogP contribution in [0.2, 0.25) is 0 Å². The molecule has 0 fully saturated rings. The van der Waals surface area contributed by atoms with E-state index < -0.39 is 0 Å². The molecule has 1 atom stereocenters. The first kappa shape index (κ1) is 14.1. The van der Waals surface area contributed by atoms with Crippen LogP contribution in [0.3, 0.4) is 0 Å². The van der Waals surface area contributed by atoms with Crippen molar-refractivity contribution in [3.8, 4) is 0 Å². The van der Waals surface area contributed by atoms with E-state index in [4.69, 9.17) is 4.74 Å². The van der Waals surface area contributed by atoms with E-state index in [1.54, 1.807) is 12.1 Å². The Morgan fingerprint density at radius 2 is 1.65 bits per heavy atom. The van der Waals surface area contributed by atoms with E-state index in [1.165, 1.54) is 5.56 Å². The highest BCUT2D eigenvalue weighted by molar-refractivity contribution is 5.89. The van der Waals surface area contributed by atoms with E-state index in [1.807, 2.05) is 42.5 Å². The van der Waals surface area contributed by atoms with E-state index >= 15 is 0 Å². The van der Waals surface area contributed by atoms with Crippen molar-refractivity contribution in [2.75, 3.05) is 6.61 Å². The summed E-state index contributed by atoms with van der Waals surface area (Å²) in [6.07, 6.45) is 2.64. The Balaban J connectivity index is 1.86. The summed E-state index contributed by atoms with van der Waals surface area (Å²) in [6, 6.07) is 19.1. The van der Waals surface area contributed by atoms with Crippen molar-refractivity contribution in [1.82, 2.24) is 0 Å². The molecule has 0 aliphatic heterocycles. The number of esters is 1. The van der Waals surface area contributed by atoms with Crippen LogP contribution < -0.4 is 0 Å². The lowest BCUT2D eigenvalue weighted by molar-refractivity contribution is 0.0497. The Bertz CT molecular complexity index is 546. The average molecular weight is 266 g/mol. The number of allylic oxidation sites excluding steroid dienone is 1. The second-order valence-corrected chi connectivity index (χ2v) is 4.54. The predicted molar refractivity (Wildman–Crippen MR) is 80.7 cm³/mol. The maximum atomic E-state index is 11.8. The minimum absolute atomic E-state index is 0.208. The van der Waals surface area contributed by atoms with Crippen LogP contribution in [-0.4, -0.2) is 12.6 Å². The number of benzene rings is 2. The normalized spacial score (nSPS) is 11.6. The Hall–Kier alpha value is -2.35. The van der Waals surface area contributed by atoms with Crippen molar-refractivity contribution in [2.24, 2.45) is 0 Å². The number of carbonyl (C=O) groups is 1. The van der Waals surface area contributed by atoms with Gasteiger partial charge in [-0.15, -0.1) is 6.58 Å². The monoisotopic (exact) mass is 266 g/mol. The van der Waals surface area contributed by atoms with Crippen LogP contribution >= 0.6 is 0 Å². The van der Waals surface area contributed by atoms with Crippen LogP contribution in [0.4, 0.5) is 0 Å². The first-order valence-electron chi connectivity index (χ1n) is 6.71. The van der Waals surface area contributed by atoms with Gasteiger partial charge in [-0.05, 0) is 24.1 Å². The zero-order valence-electron chi connectivity index (χ0n) is 11.4. The zero-order valence-corrected chi connectivity index (χ0v) is 11.4. The number of ether oxygens (including phenoxy) is 1. The smallest absolute Gasteiger partial charge is 0.338 e. The number of hydrogen-bond donors (Lipinski definition) is 0. The van der Waals surface area contributed by atoms with E-state index in [2.05, 4.69) is 18.7 Å². The SMILES string of the molecule is C=CC(CCOC(=O)c1ccccc1)c1ccccc1. The Morgan fingerprint density at radius 3 is 2.25 bits per heavy atom. The molecule has 0 aromatic heterocycles. The van der Waals surface area contributed by atoms with E-state index in [0.717, 1.165) is 6.42 Å². The lowest BCUT2D eigenvalue weighted by atomic mass is 9.96. The Labute approximate surface area is 119 Å². The van der Waals surface area contributed by atoms with Gasteiger partial charge in [-0.3, -0.25) is 0 Å². The molecule has 2 aromatic rings. The summed E-state index contributed by atoms with van der Waals surface area (Å²) >= 11 is 0. The van der Waals surface area contributed by atoms with Crippen molar-refractivity contribution in [2.45, 2.75) is 12.3 Å². The quantitative estimate of drug-likeness (QED) is 0.578. The molecule has 2 heteroatoms. The molecule has 0 spiro atoms. The molecular formula is C18H18O2. The molecule has 0 heterocycles. The third-order valence-electron chi connectivity index (χ3n) is 3.18. The van der Waals surface area contributed by atoms with Crippen LogP contribution in [0.1, 0.15) is 28.3 Å². The standard InChI is InChI=1S/C18H18O2/c1-2-15(16-9-5-3-6-10-16)13-14-20-18(19)17-11-7-4-8-12-17/h2-12,15H,1,13-14H2. The van der Waals surface area contributed by atoms with Gasteiger partial charge in [0.2, 0.25) is 0 Å². The number of hydrogen-bond acceptors (Lipinski definition) is 2. The van der Waals surface area contributed by atoms with Crippen LogP contribution in [-0.2, 0) is 4.74 Å². The summed E-state index contributed by atoms with van der Waals surface area (Å²) in [5.74, 6) is -0.0683. The van der Waals surface area contributed by atoms with Crippen molar-refractivity contribution in [3.05, 3.63) is 84.4 Å². The van der Waals surface area contributed by atoms with Gasteiger partial charge in [-0.25, -0.2) is 4.79 Å². The molecule has 0 aliphatic rings. The summed E-state index contributed by atoms with van der Waals surface area (Å²) in [7, 11) is 0. The highest BCUT2D eigenvalue weighted by Gasteiger charge is 2.10. The van der Waals surface area contributed by atoms with Gasteiger partial charge >= 0.3 is 5.97 Å². The first-order valence-corrected chi connectivity index (χ1v) is 6.71. The minimum atomic E-state index is -0.276. The number of rotatable bonds is 6. The molecule has 2 aromatic carbocycles. The van der Waals surface area contributed by atoms with Crippen molar-refractivity contribution in [3.63, 3.8) is 0 Å². The van der Waals surface area contributed by atoms with Gasteiger partial charge < -0.3 is 4.74 Å². The zero-order chi connectivity index (χ0) is 14.2. The third-order valence-corrected chi connectivity index (χ3v) is 3.18. The molecular weight excluding hydrogens is 248 g/mol. The van der Waals surface area contributed by atoms with Crippen LogP contribution in [0.5, 0.6) is 0 Å². The van der Waals surface area contributed by atoms with E-state index in [0.29, 0.717) is 12.2 Å². The van der Waals surface area contributed by atoms with Crippen LogP contribution in [0, 0.1) is 0 Å². The first-order chi connectivity index (χ1) is 9.81. The molecule has 0 N–H and O–H groups in total. The van der Waals surface area contributed by atoms with Crippen LogP contribution in [0.15, 0.2) is 73.3 Å². The summed E-state index contributed by atoms with van der Waals surface area (Å²) in [6.45, 7) is 4.24. The summed E-state index contributed by atoms with van der Waals surface area (Å²) in [5.41, 5.74) is 1.78. The highest BCUT2D eigenvalue weighted by atomic mass is 16.5. The van der Waals surface area contributed by atoms with Gasteiger partial charge in [0, 0.05) is 5.92 Å². The molecule has 2 rings (SSSR count). The van der Waals surface area contributed by atoms with Gasteiger partial charge in [0.1, 0.15) is 0 Å². The largest absolute Gasteiger partial charge is 0.462 e. The van der Waals surface area contributed by atoms with Crippen LogP contribution in [0.25, 0.3) is 0 Å². The van der Waals surface area contributed by atoms with Crippen molar-refractivity contribution < 1.29 is 9.53 Å². The lowest BCUT2D eigenvalue weighted by Gasteiger charge is -2.13. The second-order valence-electron chi connectivity index (χ2n) is 4.54. The molecule has 102 valence electrons. The molecule has 0 radical (unpaired) electrons. The van der Waals surface area contributed by atoms with Gasteiger partial charge in [-0.2, -0.15) is 0 Å².